The summed E-state index contributed by atoms with van der Waals surface area (Å²) in [5.41, 5.74) is 0.490. The van der Waals surface area contributed by atoms with Gasteiger partial charge >= 0.3 is 0 Å². The number of benzene rings is 1. The lowest BCUT2D eigenvalue weighted by Gasteiger charge is -2.34. The first kappa shape index (κ1) is 15.6. The molecule has 1 saturated heterocycles. The van der Waals surface area contributed by atoms with E-state index in [2.05, 4.69) is 14.9 Å². The molecule has 2 aromatic rings. The van der Waals surface area contributed by atoms with E-state index in [1.54, 1.807) is 48.7 Å². The van der Waals surface area contributed by atoms with Crippen LogP contribution in [0, 0.1) is 0 Å². The zero-order valence-corrected chi connectivity index (χ0v) is 13.5. The van der Waals surface area contributed by atoms with Gasteiger partial charge < -0.3 is 14.5 Å². The van der Waals surface area contributed by atoms with Gasteiger partial charge in [-0.15, -0.1) is 0 Å². The first-order valence-corrected chi connectivity index (χ1v) is 7.71. The first-order chi connectivity index (χ1) is 11.2. The lowest BCUT2D eigenvalue weighted by atomic mass is 10.1. The van der Waals surface area contributed by atoms with Crippen molar-refractivity contribution in [1.29, 1.82) is 0 Å². The standard InChI is InChI=1S/C16H17ClN4O2/c1-23-14-4-3-12(17)11-13(14)15(22)20-7-9-21(10-8-20)16-18-5-2-6-19-16/h2-6,11H,7-10H2,1H3. The van der Waals surface area contributed by atoms with Gasteiger partial charge in [-0.05, 0) is 24.3 Å². The molecule has 1 fully saturated rings. The van der Waals surface area contributed by atoms with Gasteiger partial charge in [0, 0.05) is 43.6 Å². The van der Waals surface area contributed by atoms with E-state index in [-0.39, 0.29) is 5.91 Å². The van der Waals surface area contributed by atoms with Crippen molar-refractivity contribution >= 4 is 23.5 Å². The number of piperazine rings is 1. The van der Waals surface area contributed by atoms with Gasteiger partial charge in [0.15, 0.2) is 0 Å². The van der Waals surface area contributed by atoms with Crippen LogP contribution < -0.4 is 9.64 Å². The molecule has 7 heteroatoms. The Morgan fingerprint density at radius 2 is 1.87 bits per heavy atom. The highest BCUT2D eigenvalue weighted by molar-refractivity contribution is 6.31. The van der Waals surface area contributed by atoms with Crippen molar-refractivity contribution < 1.29 is 9.53 Å². The number of methoxy groups -OCH3 is 1. The fraction of sp³-hybridized carbons (Fsp3) is 0.312. The van der Waals surface area contributed by atoms with Gasteiger partial charge in [-0.25, -0.2) is 9.97 Å². The number of anilines is 1. The van der Waals surface area contributed by atoms with E-state index in [4.69, 9.17) is 16.3 Å². The van der Waals surface area contributed by atoms with E-state index in [0.717, 1.165) is 0 Å². The Balaban J connectivity index is 1.70. The number of halogens is 1. The molecule has 0 N–H and O–H groups in total. The summed E-state index contributed by atoms with van der Waals surface area (Å²) in [7, 11) is 1.55. The van der Waals surface area contributed by atoms with E-state index in [9.17, 15) is 4.79 Å². The number of hydrogen-bond acceptors (Lipinski definition) is 5. The summed E-state index contributed by atoms with van der Waals surface area (Å²) in [6.07, 6.45) is 3.44. The Morgan fingerprint density at radius 3 is 2.52 bits per heavy atom. The smallest absolute Gasteiger partial charge is 0.257 e. The van der Waals surface area contributed by atoms with Crippen molar-refractivity contribution in [1.82, 2.24) is 14.9 Å². The molecule has 0 aliphatic carbocycles. The van der Waals surface area contributed by atoms with Crippen LogP contribution in [-0.2, 0) is 0 Å². The van der Waals surface area contributed by atoms with Crippen molar-refractivity contribution in [2.45, 2.75) is 0 Å². The van der Waals surface area contributed by atoms with Crippen LogP contribution in [0.5, 0.6) is 5.75 Å². The molecule has 1 amide bonds. The topological polar surface area (TPSA) is 58.6 Å². The van der Waals surface area contributed by atoms with E-state index >= 15 is 0 Å². The number of rotatable bonds is 3. The summed E-state index contributed by atoms with van der Waals surface area (Å²) in [6, 6.07) is 6.86. The van der Waals surface area contributed by atoms with E-state index in [1.807, 2.05) is 0 Å². The first-order valence-electron chi connectivity index (χ1n) is 7.34. The molecule has 23 heavy (non-hydrogen) atoms. The van der Waals surface area contributed by atoms with E-state index < -0.39 is 0 Å². The summed E-state index contributed by atoms with van der Waals surface area (Å²) in [5, 5.41) is 0.519. The third-order valence-corrected chi connectivity index (χ3v) is 4.03. The van der Waals surface area contributed by atoms with Crippen LogP contribution in [0.15, 0.2) is 36.7 Å². The molecule has 1 aromatic carbocycles. The molecule has 0 unspecified atom stereocenters. The van der Waals surface area contributed by atoms with Crippen LogP contribution >= 0.6 is 11.6 Å². The van der Waals surface area contributed by atoms with Gasteiger partial charge in [0.2, 0.25) is 5.95 Å². The molecule has 3 rings (SSSR count). The Labute approximate surface area is 139 Å². The van der Waals surface area contributed by atoms with Gasteiger partial charge in [-0.1, -0.05) is 11.6 Å². The zero-order valence-electron chi connectivity index (χ0n) is 12.8. The van der Waals surface area contributed by atoms with Crippen LogP contribution in [0.2, 0.25) is 5.02 Å². The second-order valence-electron chi connectivity index (χ2n) is 5.17. The van der Waals surface area contributed by atoms with Crippen LogP contribution in [0.1, 0.15) is 10.4 Å². The number of carbonyl (C=O) groups is 1. The summed E-state index contributed by atoms with van der Waals surface area (Å²) in [5.74, 6) is 1.16. The highest BCUT2D eigenvalue weighted by Gasteiger charge is 2.25. The third kappa shape index (κ3) is 3.37. The number of aromatic nitrogens is 2. The predicted octanol–water partition coefficient (Wildman–Crippen LogP) is 2.10. The quantitative estimate of drug-likeness (QED) is 0.861. The fourth-order valence-electron chi connectivity index (χ4n) is 2.58. The number of carbonyl (C=O) groups excluding carboxylic acids is 1. The van der Waals surface area contributed by atoms with Gasteiger partial charge in [0.05, 0.1) is 12.7 Å². The maximum atomic E-state index is 12.7. The Hall–Kier alpha value is -2.34. The molecule has 1 aromatic heterocycles. The van der Waals surface area contributed by atoms with Crippen molar-refractivity contribution in [3.63, 3.8) is 0 Å². The molecule has 120 valence electrons. The third-order valence-electron chi connectivity index (χ3n) is 3.79. The minimum atomic E-state index is -0.0713. The Bertz CT molecular complexity index is 688. The largest absolute Gasteiger partial charge is 0.496 e. The molecule has 1 aliphatic heterocycles. The normalized spacial score (nSPS) is 14.7. The second kappa shape index (κ2) is 6.83. The van der Waals surface area contributed by atoms with Gasteiger partial charge in [-0.3, -0.25) is 4.79 Å². The van der Waals surface area contributed by atoms with Crippen molar-refractivity contribution in [2.75, 3.05) is 38.2 Å². The monoisotopic (exact) mass is 332 g/mol. The predicted molar refractivity (Wildman–Crippen MR) is 88.2 cm³/mol. The van der Waals surface area contributed by atoms with Gasteiger partial charge in [0.25, 0.3) is 5.91 Å². The highest BCUT2D eigenvalue weighted by atomic mass is 35.5. The average Bonchev–Trinajstić information content (AvgIpc) is 2.62. The van der Waals surface area contributed by atoms with Crippen molar-refractivity contribution in [2.24, 2.45) is 0 Å². The summed E-state index contributed by atoms with van der Waals surface area (Å²) in [4.78, 5) is 25.1. The lowest BCUT2D eigenvalue weighted by Crippen LogP contribution is -2.49. The maximum absolute atomic E-state index is 12.7. The molecule has 0 spiro atoms. The molecule has 0 bridgehead atoms. The van der Waals surface area contributed by atoms with E-state index in [1.165, 1.54) is 0 Å². The molecule has 2 heterocycles. The van der Waals surface area contributed by atoms with Crippen molar-refractivity contribution in [3.05, 3.63) is 47.2 Å². The molecule has 0 radical (unpaired) electrons. The van der Waals surface area contributed by atoms with E-state index in [0.29, 0.717) is 48.5 Å². The minimum absolute atomic E-state index is 0.0713. The summed E-state index contributed by atoms with van der Waals surface area (Å²) < 4.78 is 5.27. The number of nitrogens with zero attached hydrogens (tertiary/aromatic N) is 4. The summed E-state index contributed by atoms with van der Waals surface area (Å²) >= 11 is 6.01. The lowest BCUT2D eigenvalue weighted by molar-refractivity contribution is 0.0743. The Morgan fingerprint density at radius 1 is 1.17 bits per heavy atom. The number of amides is 1. The maximum Gasteiger partial charge on any atom is 0.257 e. The van der Waals surface area contributed by atoms with Crippen LogP contribution in [0.4, 0.5) is 5.95 Å². The van der Waals surface area contributed by atoms with Crippen LogP contribution in [0.3, 0.4) is 0 Å². The SMILES string of the molecule is COc1ccc(Cl)cc1C(=O)N1CCN(c2ncccn2)CC1. The molecule has 0 saturated carbocycles. The van der Waals surface area contributed by atoms with Gasteiger partial charge in [0.1, 0.15) is 5.75 Å². The minimum Gasteiger partial charge on any atom is -0.496 e. The summed E-state index contributed by atoms with van der Waals surface area (Å²) in [6.45, 7) is 2.59. The number of ether oxygens (including phenoxy) is 1. The average molecular weight is 333 g/mol. The van der Waals surface area contributed by atoms with Crippen LogP contribution in [0.25, 0.3) is 0 Å². The highest BCUT2D eigenvalue weighted by Crippen LogP contribution is 2.24. The van der Waals surface area contributed by atoms with Gasteiger partial charge in [-0.2, -0.15) is 0 Å². The van der Waals surface area contributed by atoms with Crippen molar-refractivity contribution in [3.8, 4) is 5.75 Å². The van der Waals surface area contributed by atoms with Crippen LogP contribution in [-0.4, -0.2) is 54.1 Å². The number of hydrogen-bond donors (Lipinski definition) is 0. The molecule has 1 aliphatic rings. The zero-order chi connectivity index (χ0) is 16.2. The molecule has 0 atom stereocenters. The fourth-order valence-corrected chi connectivity index (χ4v) is 2.75. The molecular weight excluding hydrogens is 316 g/mol. The Kier molecular flexibility index (Phi) is 4.62. The second-order valence-corrected chi connectivity index (χ2v) is 5.61. The molecular formula is C16H17ClN4O2. The molecule has 6 nitrogen and oxygen atoms in total.